The largest absolute Gasteiger partial charge is 0.504 e. The lowest BCUT2D eigenvalue weighted by atomic mass is 9.58. The first kappa shape index (κ1) is 21.9. The molecule has 168 valence electrons. The average molecular weight is 425 g/mol. The number of benzene rings is 2. The summed E-state index contributed by atoms with van der Waals surface area (Å²) in [5, 5.41) is 40.2. The second-order valence-electron chi connectivity index (χ2n) is 10.3. The van der Waals surface area contributed by atoms with Crippen molar-refractivity contribution < 1.29 is 20.4 Å². The van der Waals surface area contributed by atoms with Gasteiger partial charge in [-0.15, -0.1) is 0 Å². The second-order valence-corrected chi connectivity index (χ2v) is 10.3. The Bertz CT molecular complexity index is 830. The van der Waals surface area contributed by atoms with Crippen LogP contribution in [0.1, 0.15) is 88.2 Å². The highest BCUT2D eigenvalue weighted by molar-refractivity contribution is 5.47. The van der Waals surface area contributed by atoms with Crippen LogP contribution < -0.4 is 0 Å². The van der Waals surface area contributed by atoms with E-state index in [0.717, 1.165) is 62.5 Å². The Balaban J connectivity index is 1.36. The van der Waals surface area contributed by atoms with Gasteiger partial charge < -0.3 is 20.4 Å². The monoisotopic (exact) mass is 424 g/mol. The molecule has 0 amide bonds. The second kappa shape index (κ2) is 8.64. The molecule has 31 heavy (non-hydrogen) atoms. The van der Waals surface area contributed by atoms with Gasteiger partial charge in [-0.05, 0) is 92.6 Å². The summed E-state index contributed by atoms with van der Waals surface area (Å²) in [6.07, 6.45) is 8.82. The number of hydrogen-bond donors (Lipinski definition) is 4. The molecule has 0 aliphatic heterocycles. The molecule has 0 atom stereocenters. The van der Waals surface area contributed by atoms with Crippen molar-refractivity contribution in [3.05, 3.63) is 47.5 Å². The van der Waals surface area contributed by atoms with Gasteiger partial charge in [-0.3, -0.25) is 0 Å². The van der Waals surface area contributed by atoms with E-state index in [1.54, 1.807) is 12.1 Å². The Morgan fingerprint density at radius 1 is 0.581 bits per heavy atom. The van der Waals surface area contributed by atoms with Crippen LogP contribution in [0.25, 0.3) is 0 Å². The van der Waals surface area contributed by atoms with Gasteiger partial charge >= 0.3 is 0 Å². The maximum absolute atomic E-state index is 10.3. The minimum absolute atomic E-state index is 0.0190. The molecule has 0 saturated heterocycles. The summed E-state index contributed by atoms with van der Waals surface area (Å²) >= 11 is 0. The zero-order chi connectivity index (χ0) is 22.2. The first-order chi connectivity index (χ1) is 14.8. The van der Waals surface area contributed by atoms with Crippen molar-refractivity contribution in [3.63, 3.8) is 0 Å². The van der Waals surface area contributed by atoms with Gasteiger partial charge in [0.2, 0.25) is 0 Å². The number of phenols is 4. The zero-order valence-electron chi connectivity index (χ0n) is 18.7. The summed E-state index contributed by atoms with van der Waals surface area (Å²) in [5.74, 6) is 2.05. The molecule has 4 nitrogen and oxygen atoms in total. The molecule has 2 aliphatic rings. The van der Waals surface area contributed by atoms with E-state index in [2.05, 4.69) is 13.8 Å². The number of hydrogen-bond acceptors (Lipinski definition) is 4. The van der Waals surface area contributed by atoms with Crippen molar-refractivity contribution >= 4 is 0 Å². The molecule has 0 aromatic heterocycles. The Morgan fingerprint density at radius 2 is 0.935 bits per heavy atom. The first-order valence-electron chi connectivity index (χ1n) is 11.8. The van der Waals surface area contributed by atoms with Crippen LogP contribution >= 0.6 is 0 Å². The third kappa shape index (κ3) is 4.22. The summed E-state index contributed by atoms with van der Waals surface area (Å²) < 4.78 is 0. The van der Waals surface area contributed by atoms with Crippen molar-refractivity contribution in [3.8, 4) is 23.0 Å². The van der Waals surface area contributed by atoms with E-state index in [1.807, 2.05) is 24.3 Å². The van der Waals surface area contributed by atoms with Crippen molar-refractivity contribution in [2.45, 2.75) is 77.0 Å². The molecule has 2 saturated carbocycles. The normalized spacial score (nSPS) is 27.2. The van der Waals surface area contributed by atoms with Gasteiger partial charge in [-0.2, -0.15) is 0 Å². The highest BCUT2D eigenvalue weighted by Gasteiger charge is 2.41. The lowest BCUT2D eigenvalue weighted by molar-refractivity contribution is 0.0510. The highest BCUT2D eigenvalue weighted by Crippen LogP contribution is 2.53. The van der Waals surface area contributed by atoms with E-state index >= 15 is 0 Å². The predicted molar refractivity (Wildman–Crippen MR) is 123 cm³/mol. The molecular weight excluding hydrogens is 388 g/mol. The van der Waals surface area contributed by atoms with Crippen molar-refractivity contribution in [1.82, 2.24) is 0 Å². The molecule has 2 fully saturated rings. The minimum atomic E-state index is -0.0190. The quantitative estimate of drug-likeness (QED) is 0.408. The summed E-state index contributed by atoms with van der Waals surface area (Å²) in [7, 11) is 0. The van der Waals surface area contributed by atoms with Crippen LogP contribution in [0.2, 0.25) is 0 Å². The van der Waals surface area contributed by atoms with Gasteiger partial charge in [-0.25, -0.2) is 0 Å². The van der Waals surface area contributed by atoms with Crippen LogP contribution in [0.5, 0.6) is 23.0 Å². The number of para-hydroxylation sites is 2. The van der Waals surface area contributed by atoms with Gasteiger partial charge in [0, 0.05) is 11.1 Å². The van der Waals surface area contributed by atoms with Crippen LogP contribution in [-0.2, 0) is 0 Å². The summed E-state index contributed by atoms with van der Waals surface area (Å²) in [6, 6.07) is 10.6. The number of phenolic OH excluding ortho intramolecular Hbond substituents is 4. The van der Waals surface area contributed by atoms with Gasteiger partial charge in [0.15, 0.2) is 23.0 Å². The van der Waals surface area contributed by atoms with E-state index in [0.29, 0.717) is 23.7 Å². The molecular formula is C27H36O4. The lowest BCUT2D eigenvalue weighted by Gasteiger charge is -2.47. The molecule has 0 heterocycles. The van der Waals surface area contributed by atoms with E-state index < -0.39 is 0 Å². The van der Waals surface area contributed by atoms with Crippen molar-refractivity contribution in [2.24, 2.45) is 17.3 Å². The van der Waals surface area contributed by atoms with Crippen LogP contribution in [0.3, 0.4) is 0 Å². The van der Waals surface area contributed by atoms with Crippen LogP contribution in [0.15, 0.2) is 36.4 Å². The molecule has 0 unspecified atom stereocenters. The van der Waals surface area contributed by atoms with Crippen LogP contribution in [-0.4, -0.2) is 20.4 Å². The third-order valence-electron chi connectivity index (χ3n) is 8.53. The molecule has 0 radical (unpaired) electrons. The van der Waals surface area contributed by atoms with E-state index in [1.165, 1.54) is 0 Å². The average Bonchev–Trinajstić information content (AvgIpc) is 2.78. The fraction of sp³-hybridized carbons (Fsp3) is 0.556. The molecule has 4 N–H and O–H groups in total. The molecule has 0 bridgehead atoms. The molecule has 2 aliphatic carbocycles. The Morgan fingerprint density at radius 3 is 1.29 bits per heavy atom. The SMILES string of the molecule is CC(C)(C1CCC(c2cccc(O)c2O)CC1)C1CCC(c2cccc(O)c2O)CC1. The standard InChI is InChI=1S/C27H36O4/c1-27(2,19-13-9-17(10-14-19)21-5-3-7-23(28)25(21)30)20-15-11-18(12-16-20)22-6-4-8-24(29)26(22)31/h3-8,17-20,28-31H,9-16H2,1-2H3. The van der Waals surface area contributed by atoms with Gasteiger partial charge in [0.05, 0.1) is 0 Å². The maximum Gasteiger partial charge on any atom is 0.160 e. The van der Waals surface area contributed by atoms with Crippen molar-refractivity contribution in [1.29, 1.82) is 0 Å². The minimum Gasteiger partial charge on any atom is -0.504 e. The maximum atomic E-state index is 10.3. The van der Waals surface area contributed by atoms with Gasteiger partial charge in [-0.1, -0.05) is 38.1 Å². The smallest absolute Gasteiger partial charge is 0.160 e. The number of aromatic hydroxyl groups is 4. The Labute approximate surface area is 185 Å². The fourth-order valence-corrected chi connectivity index (χ4v) is 6.39. The van der Waals surface area contributed by atoms with Gasteiger partial charge in [0.1, 0.15) is 0 Å². The predicted octanol–water partition coefficient (Wildman–Crippen LogP) is 6.78. The van der Waals surface area contributed by atoms with Crippen LogP contribution in [0, 0.1) is 17.3 Å². The van der Waals surface area contributed by atoms with Crippen LogP contribution in [0.4, 0.5) is 0 Å². The van der Waals surface area contributed by atoms with Gasteiger partial charge in [0.25, 0.3) is 0 Å². The van der Waals surface area contributed by atoms with E-state index in [-0.39, 0.29) is 28.4 Å². The summed E-state index contributed by atoms with van der Waals surface area (Å²) in [4.78, 5) is 0. The number of rotatable bonds is 4. The molecule has 4 heteroatoms. The summed E-state index contributed by atoms with van der Waals surface area (Å²) in [6.45, 7) is 4.86. The topological polar surface area (TPSA) is 80.9 Å². The molecule has 4 rings (SSSR count). The lowest BCUT2D eigenvalue weighted by Crippen LogP contribution is -2.36. The zero-order valence-corrected chi connectivity index (χ0v) is 18.7. The Kier molecular flexibility index (Phi) is 6.09. The fourth-order valence-electron chi connectivity index (χ4n) is 6.39. The molecule has 2 aromatic carbocycles. The molecule has 0 spiro atoms. The first-order valence-corrected chi connectivity index (χ1v) is 11.8. The Hall–Kier alpha value is -2.36. The third-order valence-corrected chi connectivity index (χ3v) is 8.53. The van der Waals surface area contributed by atoms with E-state index in [9.17, 15) is 20.4 Å². The summed E-state index contributed by atoms with van der Waals surface area (Å²) in [5.41, 5.74) is 2.04. The molecule has 2 aromatic rings. The highest BCUT2D eigenvalue weighted by atomic mass is 16.3. The van der Waals surface area contributed by atoms with Crippen molar-refractivity contribution in [2.75, 3.05) is 0 Å². The van der Waals surface area contributed by atoms with E-state index in [4.69, 9.17) is 0 Å².